The van der Waals surface area contributed by atoms with Crippen LogP contribution in [0.3, 0.4) is 0 Å². The van der Waals surface area contributed by atoms with Gasteiger partial charge in [-0.2, -0.15) is 0 Å². The van der Waals surface area contributed by atoms with Gasteiger partial charge in [-0.25, -0.2) is 0 Å². The predicted molar refractivity (Wildman–Crippen MR) is 93.2 cm³/mol. The summed E-state index contributed by atoms with van der Waals surface area (Å²) in [6, 6.07) is 0. The van der Waals surface area contributed by atoms with Crippen LogP contribution in [0, 0.1) is 0 Å². The molecule has 0 aromatic heterocycles. The molecule has 158 valence electrons. The second-order valence-electron chi connectivity index (χ2n) is 6.79. The predicted octanol–water partition coefficient (Wildman–Crippen LogP) is 2.13. The second kappa shape index (κ2) is 12.3. The van der Waals surface area contributed by atoms with Crippen molar-refractivity contribution in [3.63, 3.8) is 0 Å². The van der Waals surface area contributed by atoms with Gasteiger partial charge in [0.15, 0.2) is 0 Å². The summed E-state index contributed by atoms with van der Waals surface area (Å²) in [7, 11) is 0. The molecule has 0 N–H and O–H groups in total. The van der Waals surface area contributed by atoms with Gasteiger partial charge in [-0.1, -0.05) is 12.8 Å². The number of rotatable bonds is 0. The highest BCUT2D eigenvalue weighted by Crippen LogP contribution is 2.13. The van der Waals surface area contributed by atoms with Gasteiger partial charge in [-0.05, 0) is 38.5 Å². The van der Waals surface area contributed by atoms with E-state index in [2.05, 4.69) is 0 Å². The first-order chi connectivity index (χ1) is 13.5. The van der Waals surface area contributed by atoms with Crippen molar-refractivity contribution in [2.75, 3.05) is 13.1 Å². The number of hydrogen-bond acceptors (Lipinski definition) is 10. The van der Waals surface area contributed by atoms with E-state index in [1.54, 1.807) is 0 Å². The summed E-state index contributed by atoms with van der Waals surface area (Å²) < 4.78 is 0. The Morgan fingerprint density at radius 1 is 0.429 bits per heavy atom. The first kappa shape index (κ1) is 22.1. The van der Waals surface area contributed by atoms with E-state index in [-0.39, 0.29) is 38.8 Å². The van der Waals surface area contributed by atoms with Gasteiger partial charge in [0.2, 0.25) is 0 Å². The van der Waals surface area contributed by atoms with Crippen molar-refractivity contribution in [3.05, 3.63) is 0 Å². The standard InChI is InChI=1S/C18H28N2O8/c21-15-9-3-5-11-17(23)27-20-14-8-2-1-7-13-19(25-15)26-16(22)10-4-6-12-18(24)28-20/h1-14H2. The maximum atomic E-state index is 12.0. The van der Waals surface area contributed by atoms with E-state index in [4.69, 9.17) is 19.4 Å². The van der Waals surface area contributed by atoms with Crippen molar-refractivity contribution in [1.29, 1.82) is 0 Å². The zero-order valence-electron chi connectivity index (χ0n) is 16.1. The van der Waals surface area contributed by atoms with E-state index in [1.165, 1.54) is 0 Å². The van der Waals surface area contributed by atoms with Crippen LogP contribution in [0.15, 0.2) is 0 Å². The molecule has 10 nitrogen and oxygen atoms in total. The van der Waals surface area contributed by atoms with Crippen molar-refractivity contribution >= 4 is 23.9 Å². The topological polar surface area (TPSA) is 112 Å². The molecule has 2 fully saturated rings. The molecule has 0 aromatic rings. The minimum absolute atomic E-state index is 0.0834. The highest BCUT2D eigenvalue weighted by atomic mass is 17.0. The third-order valence-electron chi connectivity index (χ3n) is 4.27. The lowest BCUT2D eigenvalue weighted by Crippen LogP contribution is -2.32. The summed E-state index contributed by atoms with van der Waals surface area (Å²) in [5.74, 6) is -2.09. The monoisotopic (exact) mass is 400 g/mol. The summed E-state index contributed by atoms with van der Waals surface area (Å²) in [5.41, 5.74) is 0. The fourth-order valence-corrected chi connectivity index (χ4v) is 2.77. The van der Waals surface area contributed by atoms with Crippen molar-refractivity contribution in [2.45, 2.75) is 77.0 Å². The van der Waals surface area contributed by atoms with Crippen molar-refractivity contribution < 1.29 is 38.5 Å². The van der Waals surface area contributed by atoms with Crippen LogP contribution in [0.25, 0.3) is 0 Å². The normalized spacial score (nSPS) is 27.4. The van der Waals surface area contributed by atoms with E-state index in [1.807, 2.05) is 0 Å². The fourth-order valence-electron chi connectivity index (χ4n) is 2.77. The van der Waals surface area contributed by atoms with E-state index >= 15 is 0 Å². The molecule has 0 aliphatic carbocycles. The van der Waals surface area contributed by atoms with E-state index in [0.29, 0.717) is 38.5 Å². The lowest BCUT2D eigenvalue weighted by atomic mass is 10.2. The molecule has 0 atom stereocenters. The molecule has 2 rings (SSSR count). The summed E-state index contributed by atoms with van der Waals surface area (Å²) >= 11 is 0. The van der Waals surface area contributed by atoms with Crippen LogP contribution in [-0.2, 0) is 38.5 Å². The number of fused-ring (bicyclic) bond motifs is 7. The second-order valence-corrected chi connectivity index (χ2v) is 6.79. The molecule has 2 aliphatic rings. The van der Waals surface area contributed by atoms with Crippen molar-refractivity contribution in [2.24, 2.45) is 0 Å². The number of hydrogen-bond donors (Lipinski definition) is 0. The molecule has 28 heavy (non-hydrogen) atoms. The average molecular weight is 400 g/mol. The van der Waals surface area contributed by atoms with Crippen LogP contribution in [0.2, 0.25) is 0 Å². The quantitative estimate of drug-likeness (QED) is 0.599. The number of hydroxylamine groups is 4. The molecule has 0 aromatic carbocycles. The van der Waals surface area contributed by atoms with Gasteiger partial charge < -0.3 is 19.4 Å². The van der Waals surface area contributed by atoms with Crippen LogP contribution in [0.5, 0.6) is 0 Å². The Morgan fingerprint density at radius 2 is 0.714 bits per heavy atom. The summed E-state index contributed by atoms with van der Waals surface area (Å²) in [6.07, 6.45) is 4.79. The van der Waals surface area contributed by atoms with Gasteiger partial charge >= 0.3 is 23.9 Å². The number of carbonyl (C=O) groups excluding carboxylic acids is 4. The lowest BCUT2D eigenvalue weighted by Gasteiger charge is -2.21. The molecule has 2 saturated heterocycles. The Kier molecular flexibility index (Phi) is 9.70. The Hall–Kier alpha value is -2.20. The van der Waals surface area contributed by atoms with Crippen LogP contribution < -0.4 is 0 Å². The van der Waals surface area contributed by atoms with Gasteiger partial charge in [-0.15, -0.1) is 0 Å². The van der Waals surface area contributed by atoms with E-state index in [0.717, 1.165) is 23.3 Å². The Labute approximate surface area is 163 Å². The molecule has 10 heteroatoms. The van der Waals surface area contributed by atoms with Crippen LogP contribution in [0.4, 0.5) is 0 Å². The molecular formula is C18H28N2O8. The molecule has 2 heterocycles. The smallest absolute Gasteiger partial charge is 0.329 e. The Bertz CT molecular complexity index is 466. The largest absolute Gasteiger partial charge is 0.333 e. The van der Waals surface area contributed by atoms with Gasteiger partial charge in [0.05, 0.1) is 13.1 Å². The van der Waals surface area contributed by atoms with Gasteiger partial charge in [0.1, 0.15) is 0 Å². The van der Waals surface area contributed by atoms with Crippen molar-refractivity contribution in [3.8, 4) is 0 Å². The molecule has 0 amide bonds. The van der Waals surface area contributed by atoms with E-state index in [9.17, 15) is 19.2 Å². The van der Waals surface area contributed by atoms with Gasteiger partial charge in [0, 0.05) is 36.1 Å². The summed E-state index contributed by atoms with van der Waals surface area (Å²) in [5, 5.41) is 1.91. The summed E-state index contributed by atoms with van der Waals surface area (Å²) in [6.45, 7) is 0.566. The van der Waals surface area contributed by atoms with Crippen LogP contribution in [0.1, 0.15) is 77.0 Å². The lowest BCUT2D eigenvalue weighted by molar-refractivity contribution is -0.328. The number of nitrogens with zero attached hydrogens (tertiary/aromatic N) is 2. The third kappa shape index (κ3) is 9.14. The Balaban J connectivity index is 2.10. The van der Waals surface area contributed by atoms with Gasteiger partial charge in [-0.3, -0.25) is 19.2 Å². The van der Waals surface area contributed by atoms with Crippen molar-refractivity contribution in [1.82, 2.24) is 10.5 Å². The zero-order valence-corrected chi connectivity index (χ0v) is 16.1. The van der Waals surface area contributed by atoms with Crippen LogP contribution >= 0.6 is 0 Å². The maximum Gasteiger partial charge on any atom is 0.329 e. The summed E-state index contributed by atoms with van der Waals surface area (Å²) in [4.78, 5) is 68.5. The molecule has 2 aliphatic heterocycles. The third-order valence-corrected chi connectivity index (χ3v) is 4.27. The molecule has 0 unspecified atom stereocenters. The molecular weight excluding hydrogens is 372 g/mol. The van der Waals surface area contributed by atoms with Crippen LogP contribution in [-0.4, -0.2) is 47.4 Å². The molecule has 2 bridgehead atoms. The molecule has 0 saturated carbocycles. The molecule has 0 spiro atoms. The minimum atomic E-state index is -0.523. The van der Waals surface area contributed by atoms with Gasteiger partial charge in [0.25, 0.3) is 0 Å². The molecule has 0 radical (unpaired) electrons. The van der Waals surface area contributed by atoms with E-state index < -0.39 is 23.9 Å². The number of carbonyl (C=O) groups is 4. The first-order valence-electron chi connectivity index (χ1n) is 9.91. The SMILES string of the molecule is O=C1CCCCC(=O)ON2CCCCCCN(O1)OC(=O)CCCCC(=O)O2. The zero-order chi connectivity index (χ0) is 20.2. The fraction of sp³-hybridized carbons (Fsp3) is 0.778. The minimum Gasteiger partial charge on any atom is -0.333 e. The average Bonchev–Trinajstić information content (AvgIpc) is 2.63. The maximum absolute atomic E-state index is 12.0. The highest BCUT2D eigenvalue weighted by Gasteiger charge is 2.21. The first-order valence-corrected chi connectivity index (χ1v) is 9.91. The highest BCUT2D eigenvalue weighted by molar-refractivity contribution is 5.72. The Morgan fingerprint density at radius 3 is 1.00 bits per heavy atom.